The van der Waals surface area contributed by atoms with E-state index in [4.69, 9.17) is 50.2 Å². The fraction of sp³-hybridized carbons (Fsp3) is 0.364. The molecule has 0 fully saturated rings. The zero-order chi connectivity index (χ0) is 16.4. The van der Waals surface area contributed by atoms with E-state index in [1.165, 1.54) is 19.1 Å². The summed E-state index contributed by atoms with van der Waals surface area (Å²) in [6.45, 7) is 0.552. The van der Waals surface area contributed by atoms with Gasteiger partial charge in [0.15, 0.2) is 0 Å². The molecule has 0 atom stereocenters. The molecule has 0 radical (unpaired) electrons. The number of nitrogens with zero attached hydrogens (tertiary/aromatic N) is 1. The molecule has 10 heteroatoms. The van der Waals surface area contributed by atoms with Crippen LogP contribution in [0, 0.1) is 0 Å². The van der Waals surface area contributed by atoms with E-state index >= 15 is 0 Å². The number of halogens is 4. The van der Waals surface area contributed by atoms with Crippen molar-refractivity contribution in [3.8, 4) is 0 Å². The predicted octanol–water partition coefficient (Wildman–Crippen LogP) is 3.29. The summed E-state index contributed by atoms with van der Waals surface area (Å²) in [7, 11) is 4.07. The van der Waals surface area contributed by atoms with Gasteiger partial charge in [-0.2, -0.15) is 0 Å². The third-order valence-electron chi connectivity index (χ3n) is 2.58. The van der Waals surface area contributed by atoms with Gasteiger partial charge in [-0.1, -0.05) is 34.8 Å². The minimum Gasteiger partial charge on any atom is -0.383 e. The second-order valence-corrected chi connectivity index (χ2v) is 7.71. The Hall–Kier alpha value is -0.240. The van der Waals surface area contributed by atoms with Crippen molar-refractivity contribution < 1.29 is 17.9 Å². The van der Waals surface area contributed by atoms with E-state index in [1.54, 1.807) is 0 Å². The average molecular weight is 395 g/mol. The SMILES string of the molecule is COCCN(C)C(=O)c1c(Cl)c(Cl)cc(S(=O)(=O)Cl)c1Cl. The molecule has 1 aromatic rings. The number of carbonyl (C=O) groups excluding carboxylic acids is 1. The van der Waals surface area contributed by atoms with Gasteiger partial charge in [-0.25, -0.2) is 8.42 Å². The maximum atomic E-state index is 12.3. The van der Waals surface area contributed by atoms with E-state index < -0.39 is 19.9 Å². The first-order valence-electron chi connectivity index (χ1n) is 5.47. The van der Waals surface area contributed by atoms with Crippen molar-refractivity contribution in [2.24, 2.45) is 0 Å². The van der Waals surface area contributed by atoms with Gasteiger partial charge in [0, 0.05) is 31.4 Å². The highest BCUT2D eigenvalue weighted by Gasteiger charge is 2.27. The standard InChI is InChI=1S/C11H11Cl4NO4S/c1-16(3-4-20-2)11(17)8-9(13)6(12)5-7(10(8)14)21(15,18)19/h5H,3-4H2,1-2H3. The summed E-state index contributed by atoms with van der Waals surface area (Å²) in [5.74, 6) is -0.592. The number of ether oxygens (including phenoxy) is 1. The fourth-order valence-corrected chi connectivity index (χ4v) is 3.61. The van der Waals surface area contributed by atoms with Crippen molar-refractivity contribution in [2.45, 2.75) is 4.90 Å². The molecule has 0 bridgehead atoms. The number of benzene rings is 1. The third-order valence-corrected chi connectivity index (χ3v) is 5.21. The molecule has 1 amide bonds. The minimum atomic E-state index is -4.17. The Morgan fingerprint density at radius 2 is 1.86 bits per heavy atom. The Balaban J connectivity index is 3.42. The molecule has 1 aromatic carbocycles. The van der Waals surface area contributed by atoms with Crippen molar-refractivity contribution >= 4 is 60.4 Å². The molecule has 21 heavy (non-hydrogen) atoms. The molecule has 0 spiro atoms. The lowest BCUT2D eigenvalue weighted by atomic mass is 10.2. The van der Waals surface area contributed by atoms with Crippen LogP contribution in [0.3, 0.4) is 0 Å². The summed E-state index contributed by atoms with van der Waals surface area (Å²) in [6.07, 6.45) is 0. The molecular formula is C11H11Cl4NO4S. The number of hydrogen-bond acceptors (Lipinski definition) is 4. The van der Waals surface area contributed by atoms with Gasteiger partial charge in [0.25, 0.3) is 15.0 Å². The number of methoxy groups -OCH3 is 1. The van der Waals surface area contributed by atoms with Crippen molar-refractivity contribution in [1.82, 2.24) is 4.90 Å². The number of amides is 1. The van der Waals surface area contributed by atoms with E-state index in [1.807, 2.05) is 0 Å². The van der Waals surface area contributed by atoms with Crippen LogP contribution in [0.15, 0.2) is 11.0 Å². The Kier molecular flexibility index (Phi) is 6.58. The Bertz CT molecular complexity index is 663. The lowest BCUT2D eigenvalue weighted by Gasteiger charge is -2.19. The van der Waals surface area contributed by atoms with Gasteiger partial charge in [0.1, 0.15) is 4.90 Å². The van der Waals surface area contributed by atoms with Crippen LogP contribution in [0.5, 0.6) is 0 Å². The van der Waals surface area contributed by atoms with Crippen molar-refractivity contribution in [3.05, 3.63) is 26.7 Å². The van der Waals surface area contributed by atoms with Gasteiger partial charge in [-0.05, 0) is 6.07 Å². The van der Waals surface area contributed by atoms with E-state index in [2.05, 4.69) is 0 Å². The average Bonchev–Trinajstić information content (AvgIpc) is 2.38. The van der Waals surface area contributed by atoms with Gasteiger partial charge in [-0.15, -0.1) is 0 Å². The first-order chi connectivity index (χ1) is 9.61. The molecule has 0 N–H and O–H groups in total. The highest BCUT2D eigenvalue weighted by atomic mass is 35.7. The topological polar surface area (TPSA) is 63.7 Å². The molecule has 0 saturated heterocycles. The van der Waals surface area contributed by atoms with Crippen molar-refractivity contribution in [3.63, 3.8) is 0 Å². The number of hydrogen-bond donors (Lipinski definition) is 0. The molecule has 0 aromatic heterocycles. The molecule has 0 saturated carbocycles. The minimum absolute atomic E-state index is 0.135. The number of likely N-dealkylation sites (N-methyl/N-ethyl adjacent to an activating group) is 1. The van der Waals surface area contributed by atoms with Crippen molar-refractivity contribution in [1.29, 1.82) is 0 Å². The highest BCUT2D eigenvalue weighted by Crippen LogP contribution is 2.38. The van der Waals surface area contributed by atoms with Crippen LogP contribution >= 0.6 is 45.5 Å². The van der Waals surface area contributed by atoms with Gasteiger partial charge in [0.05, 0.1) is 27.2 Å². The summed E-state index contributed by atoms with van der Waals surface area (Å²) in [5.41, 5.74) is -0.219. The van der Waals surface area contributed by atoms with Crippen LogP contribution in [-0.2, 0) is 13.8 Å². The number of carbonyl (C=O) groups is 1. The summed E-state index contributed by atoms with van der Waals surface area (Å²) in [6, 6.07) is 1.00. The zero-order valence-corrected chi connectivity index (χ0v) is 14.8. The van der Waals surface area contributed by atoms with Crippen LogP contribution < -0.4 is 0 Å². The van der Waals surface area contributed by atoms with Gasteiger partial charge in [0.2, 0.25) is 0 Å². The molecule has 0 heterocycles. The lowest BCUT2D eigenvalue weighted by Crippen LogP contribution is -2.30. The highest BCUT2D eigenvalue weighted by molar-refractivity contribution is 8.13. The normalized spacial score (nSPS) is 11.5. The molecular weight excluding hydrogens is 384 g/mol. The van der Waals surface area contributed by atoms with Crippen molar-refractivity contribution in [2.75, 3.05) is 27.3 Å². The summed E-state index contributed by atoms with van der Waals surface area (Å²) < 4.78 is 27.8. The Morgan fingerprint density at radius 1 is 1.29 bits per heavy atom. The first-order valence-corrected chi connectivity index (χ1v) is 8.92. The van der Waals surface area contributed by atoms with Gasteiger partial charge >= 0.3 is 0 Å². The van der Waals surface area contributed by atoms with Crippen LogP contribution in [0.4, 0.5) is 0 Å². The molecule has 0 aliphatic rings. The maximum Gasteiger partial charge on any atom is 0.262 e. The fourth-order valence-electron chi connectivity index (χ4n) is 1.47. The third kappa shape index (κ3) is 4.37. The number of rotatable bonds is 5. The van der Waals surface area contributed by atoms with E-state index in [-0.39, 0.29) is 27.2 Å². The second kappa shape index (κ2) is 7.35. The molecule has 1 rings (SSSR count). The lowest BCUT2D eigenvalue weighted by molar-refractivity contribution is 0.0744. The van der Waals surface area contributed by atoms with E-state index in [0.717, 1.165) is 6.07 Å². The quantitative estimate of drug-likeness (QED) is 0.567. The van der Waals surface area contributed by atoms with Gasteiger partial charge in [-0.3, -0.25) is 4.79 Å². The summed E-state index contributed by atoms with van der Waals surface area (Å²) >= 11 is 17.8. The summed E-state index contributed by atoms with van der Waals surface area (Å²) in [5, 5.41) is -0.641. The van der Waals surface area contributed by atoms with Crippen LogP contribution in [-0.4, -0.2) is 46.5 Å². The molecule has 5 nitrogen and oxygen atoms in total. The Morgan fingerprint density at radius 3 is 2.33 bits per heavy atom. The maximum absolute atomic E-state index is 12.3. The van der Waals surface area contributed by atoms with E-state index in [0.29, 0.717) is 6.61 Å². The molecule has 0 aliphatic heterocycles. The summed E-state index contributed by atoms with van der Waals surface area (Å²) in [4.78, 5) is 13.1. The largest absolute Gasteiger partial charge is 0.383 e. The Labute approximate surface area is 142 Å². The van der Waals surface area contributed by atoms with Crippen LogP contribution in [0.2, 0.25) is 15.1 Å². The van der Waals surface area contributed by atoms with Crippen LogP contribution in [0.25, 0.3) is 0 Å². The smallest absolute Gasteiger partial charge is 0.262 e. The van der Waals surface area contributed by atoms with Gasteiger partial charge < -0.3 is 9.64 Å². The second-order valence-electron chi connectivity index (χ2n) is 4.02. The molecule has 0 unspecified atom stereocenters. The monoisotopic (exact) mass is 393 g/mol. The first kappa shape index (κ1) is 18.8. The van der Waals surface area contributed by atoms with Crippen LogP contribution in [0.1, 0.15) is 10.4 Å². The van der Waals surface area contributed by atoms with E-state index in [9.17, 15) is 13.2 Å². The molecule has 0 aliphatic carbocycles. The predicted molar refractivity (Wildman–Crippen MR) is 83.3 cm³/mol. The zero-order valence-electron chi connectivity index (χ0n) is 11.0. The molecule has 118 valence electrons.